The van der Waals surface area contributed by atoms with Crippen LogP contribution in [-0.4, -0.2) is 15.0 Å². The number of nitrogens with zero attached hydrogens (tertiary/aromatic N) is 3. The maximum Gasteiger partial charge on any atom is 0.161 e. The first-order valence-corrected chi connectivity index (χ1v) is 12.6. The van der Waals surface area contributed by atoms with E-state index in [9.17, 15) is 0 Å². The van der Waals surface area contributed by atoms with E-state index < -0.39 is 0 Å². The van der Waals surface area contributed by atoms with Gasteiger partial charge in [-0.2, -0.15) is 0 Å². The summed E-state index contributed by atoms with van der Waals surface area (Å²) < 4.78 is 0. The number of hydrogen-bond donors (Lipinski definition) is 0. The summed E-state index contributed by atoms with van der Waals surface area (Å²) in [4.78, 5) is 15.7. The van der Waals surface area contributed by atoms with Crippen LogP contribution in [0.3, 0.4) is 0 Å². The largest absolute Gasteiger partial charge is 0.246 e. The van der Waals surface area contributed by atoms with E-state index in [0.29, 0.717) is 0 Å². The Morgan fingerprint density at radius 3 is 1.95 bits per heavy atom. The van der Waals surface area contributed by atoms with Gasteiger partial charge in [0.1, 0.15) is 0 Å². The van der Waals surface area contributed by atoms with Gasteiger partial charge in [-0.05, 0) is 22.4 Å². The van der Waals surface area contributed by atoms with Crippen molar-refractivity contribution in [2.24, 2.45) is 0 Å². The SMILES string of the molecule is CC1(C)c2ccc(-c3ccccc3)nc2-c2nc(-c3cccc4ccccc34)nc(-c3ccccc3)c21. The summed E-state index contributed by atoms with van der Waals surface area (Å²) in [6.07, 6.45) is 0. The Balaban J connectivity index is 1.55. The summed E-state index contributed by atoms with van der Waals surface area (Å²) in [5.74, 6) is 0.727. The molecule has 0 radical (unpaired) electrons. The van der Waals surface area contributed by atoms with Crippen molar-refractivity contribution in [2.45, 2.75) is 19.3 Å². The Labute approximate surface area is 216 Å². The van der Waals surface area contributed by atoms with E-state index in [0.717, 1.165) is 56.2 Å². The maximum absolute atomic E-state index is 5.26. The zero-order chi connectivity index (χ0) is 25.0. The molecule has 0 atom stereocenters. The minimum atomic E-state index is -0.282. The molecule has 176 valence electrons. The standard InChI is InChI=1S/C34H25N3/c1-34(2)27-20-21-28(23-13-5-3-6-14-23)35-31(27)32-29(34)30(24-15-7-4-8-16-24)36-33(37-32)26-19-11-17-22-12-9-10-18-25(22)26/h3-21H,1-2H3. The van der Waals surface area contributed by atoms with Crippen LogP contribution in [0, 0.1) is 0 Å². The summed E-state index contributed by atoms with van der Waals surface area (Å²) in [7, 11) is 0. The predicted octanol–water partition coefficient (Wildman–Crippen LogP) is 8.33. The highest BCUT2D eigenvalue weighted by Crippen LogP contribution is 2.51. The van der Waals surface area contributed by atoms with Crippen LogP contribution in [0.2, 0.25) is 0 Å². The minimum absolute atomic E-state index is 0.282. The van der Waals surface area contributed by atoms with Gasteiger partial charge in [-0.25, -0.2) is 15.0 Å². The van der Waals surface area contributed by atoms with Crippen molar-refractivity contribution in [3.8, 4) is 45.3 Å². The molecule has 0 fully saturated rings. The zero-order valence-corrected chi connectivity index (χ0v) is 20.8. The van der Waals surface area contributed by atoms with E-state index in [1.54, 1.807) is 0 Å². The maximum atomic E-state index is 5.26. The highest BCUT2D eigenvalue weighted by molar-refractivity contribution is 5.96. The lowest BCUT2D eigenvalue weighted by Gasteiger charge is -2.23. The molecule has 0 saturated heterocycles. The summed E-state index contributed by atoms with van der Waals surface area (Å²) in [6, 6.07) is 39.9. The second-order valence-electron chi connectivity index (χ2n) is 10.1. The monoisotopic (exact) mass is 475 g/mol. The normalized spacial score (nSPS) is 13.4. The Morgan fingerprint density at radius 1 is 0.514 bits per heavy atom. The number of pyridine rings is 1. The predicted molar refractivity (Wildman–Crippen MR) is 151 cm³/mol. The second-order valence-corrected chi connectivity index (χ2v) is 10.1. The Hall–Kier alpha value is -4.63. The molecular formula is C34H25N3. The second kappa shape index (κ2) is 8.21. The van der Waals surface area contributed by atoms with Gasteiger partial charge in [0.2, 0.25) is 0 Å². The molecule has 0 saturated carbocycles. The molecule has 37 heavy (non-hydrogen) atoms. The first kappa shape index (κ1) is 21.6. The van der Waals surface area contributed by atoms with Gasteiger partial charge in [-0.1, -0.05) is 123 Å². The molecule has 1 aliphatic carbocycles. The molecule has 6 aromatic rings. The summed E-state index contributed by atoms with van der Waals surface area (Å²) in [5.41, 5.74) is 9.05. The van der Waals surface area contributed by atoms with E-state index in [1.807, 2.05) is 12.1 Å². The highest BCUT2D eigenvalue weighted by atomic mass is 14.9. The molecule has 0 amide bonds. The lowest BCUT2D eigenvalue weighted by atomic mass is 9.81. The number of hydrogen-bond acceptors (Lipinski definition) is 3. The molecule has 1 aliphatic rings. The number of benzene rings is 4. The molecule has 0 spiro atoms. The minimum Gasteiger partial charge on any atom is -0.246 e. The Bertz CT molecular complexity index is 1780. The topological polar surface area (TPSA) is 38.7 Å². The van der Waals surface area contributed by atoms with Crippen LogP contribution < -0.4 is 0 Å². The van der Waals surface area contributed by atoms with Gasteiger partial charge in [0.25, 0.3) is 0 Å². The van der Waals surface area contributed by atoms with E-state index in [1.165, 1.54) is 10.9 Å². The average molecular weight is 476 g/mol. The first-order chi connectivity index (χ1) is 18.1. The van der Waals surface area contributed by atoms with E-state index in [-0.39, 0.29) is 5.41 Å². The van der Waals surface area contributed by atoms with Crippen LogP contribution in [0.15, 0.2) is 115 Å². The van der Waals surface area contributed by atoms with Gasteiger partial charge < -0.3 is 0 Å². The van der Waals surface area contributed by atoms with Gasteiger partial charge in [-0.15, -0.1) is 0 Å². The van der Waals surface area contributed by atoms with Crippen LogP contribution in [0.5, 0.6) is 0 Å². The van der Waals surface area contributed by atoms with Crippen LogP contribution in [0.25, 0.3) is 56.1 Å². The first-order valence-electron chi connectivity index (χ1n) is 12.6. The summed E-state index contributed by atoms with van der Waals surface area (Å²) in [6.45, 7) is 4.52. The summed E-state index contributed by atoms with van der Waals surface area (Å²) in [5, 5.41) is 2.32. The molecule has 4 aromatic carbocycles. The van der Waals surface area contributed by atoms with E-state index >= 15 is 0 Å². The van der Waals surface area contributed by atoms with Gasteiger partial charge in [0, 0.05) is 27.7 Å². The number of rotatable bonds is 3. The molecule has 3 heteroatoms. The molecule has 2 aromatic heterocycles. The van der Waals surface area contributed by atoms with Crippen molar-refractivity contribution in [3.05, 3.63) is 126 Å². The third-order valence-corrected chi connectivity index (χ3v) is 7.47. The fourth-order valence-corrected chi connectivity index (χ4v) is 5.62. The molecule has 0 aliphatic heterocycles. The molecule has 0 N–H and O–H groups in total. The van der Waals surface area contributed by atoms with E-state index in [2.05, 4.69) is 117 Å². The van der Waals surface area contributed by atoms with Crippen LogP contribution >= 0.6 is 0 Å². The van der Waals surface area contributed by atoms with Crippen LogP contribution in [0.4, 0.5) is 0 Å². The third kappa shape index (κ3) is 3.39. The third-order valence-electron chi connectivity index (χ3n) is 7.47. The lowest BCUT2D eigenvalue weighted by Crippen LogP contribution is -2.17. The zero-order valence-electron chi connectivity index (χ0n) is 20.8. The van der Waals surface area contributed by atoms with Crippen molar-refractivity contribution in [1.82, 2.24) is 15.0 Å². The Morgan fingerprint density at radius 2 is 1.16 bits per heavy atom. The van der Waals surface area contributed by atoms with Gasteiger partial charge in [-0.3, -0.25) is 0 Å². The molecule has 3 nitrogen and oxygen atoms in total. The number of fused-ring (bicyclic) bond motifs is 4. The van der Waals surface area contributed by atoms with Gasteiger partial charge in [0.15, 0.2) is 5.82 Å². The molecule has 0 unspecified atom stereocenters. The van der Waals surface area contributed by atoms with Gasteiger partial charge in [0.05, 0.1) is 22.8 Å². The number of aromatic nitrogens is 3. The van der Waals surface area contributed by atoms with Crippen molar-refractivity contribution in [3.63, 3.8) is 0 Å². The lowest BCUT2D eigenvalue weighted by molar-refractivity contribution is 0.656. The van der Waals surface area contributed by atoms with Crippen molar-refractivity contribution >= 4 is 10.8 Å². The molecule has 7 rings (SSSR count). The van der Waals surface area contributed by atoms with Crippen LogP contribution in [-0.2, 0) is 5.41 Å². The fraction of sp³-hybridized carbons (Fsp3) is 0.0882. The smallest absolute Gasteiger partial charge is 0.161 e. The molecule has 2 heterocycles. The quantitative estimate of drug-likeness (QED) is 0.258. The summed E-state index contributed by atoms with van der Waals surface area (Å²) >= 11 is 0. The van der Waals surface area contributed by atoms with Crippen molar-refractivity contribution in [1.29, 1.82) is 0 Å². The Kier molecular flexibility index (Phi) is 4.80. The molecule has 0 bridgehead atoms. The van der Waals surface area contributed by atoms with E-state index in [4.69, 9.17) is 15.0 Å². The fourth-order valence-electron chi connectivity index (χ4n) is 5.62. The highest BCUT2D eigenvalue weighted by Gasteiger charge is 2.41. The van der Waals surface area contributed by atoms with Crippen molar-refractivity contribution < 1.29 is 0 Å². The van der Waals surface area contributed by atoms with Crippen LogP contribution in [0.1, 0.15) is 25.0 Å². The average Bonchev–Trinajstić information content (AvgIpc) is 3.19. The molecular weight excluding hydrogens is 450 g/mol. The van der Waals surface area contributed by atoms with Crippen molar-refractivity contribution in [2.75, 3.05) is 0 Å². The van der Waals surface area contributed by atoms with Gasteiger partial charge >= 0.3 is 0 Å².